The van der Waals surface area contributed by atoms with Crippen molar-refractivity contribution in [3.05, 3.63) is 17.0 Å². The van der Waals surface area contributed by atoms with Crippen LogP contribution in [0.1, 0.15) is 48.9 Å². The van der Waals surface area contributed by atoms with Crippen molar-refractivity contribution in [2.75, 3.05) is 18.5 Å². The second-order valence-corrected chi connectivity index (χ2v) is 9.53. The number of esters is 1. The lowest BCUT2D eigenvalue weighted by Crippen LogP contribution is -2.54. The summed E-state index contributed by atoms with van der Waals surface area (Å²) in [7, 11) is 0. The summed E-state index contributed by atoms with van der Waals surface area (Å²) in [6, 6.07) is 1.51. The normalized spacial score (nSPS) is 29.3. The molecule has 0 unspecified atom stereocenters. The lowest BCUT2D eigenvalue weighted by molar-refractivity contribution is -0.152. The molecule has 4 aliphatic carbocycles. The van der Waals surface area contributed by atoms with Crippen LogP contribution in [0.4, 0.5) is 5.00 Å². The summed E-state index contributed by atoms with van der Waals surface area (Å²) in [6.45, 7) is -0.748. The minimum Gasteiger partial charge on any atom is -0.454 e. The van der Waals surface area contributed by atoms with Crippen molar-refractivity contribution >= 4 is 40.0 Å². The van der Waals surface area contributed by atoms with E-state index in [-0.39, 0.29) is 23.4 Å². The molecule has 9 heteroatoms. The summed E-state index contributed by atoms with van der Waals surface area (Å²) in [4.78, 5) is 48.0. The van der Waals surface area contributed by atoms with Gasteiger partial charge in [0.15, 0.2) is 6.61 Å². The molecule has 3 amide bonds. The van der Waals surface area contributed by atoms with E-state index in [2.05, 4.69) is 10.6 Å². The van der Waals surface area contributed by atoms with E-state index >= 15 is 0 Å². The maximum Gasteiger partial charge on any atom is 0.325 e. The lowest BCUT2D eigenvalue weighted by Gasteiger charge is -2.55. The van der Waals surface area contributed by atoms with Gasteiger partial charge in [0, 0.05) is 5.41 Å². The molecule has 29 heavy (non-hydrogen) atoms. The maximum absolute atomic E-state index is 12.8. The zero-order chi connectivity index (χ0) is 20.6. The van der Waals surface area contributed by atoms with Gasteiger partial charge in [0.05, 0.1) is 5.56 Å². The number of hydrogen-bond acceptors (Lipinski definition) is 6. The van der Waals surface area contributed by atoms with Crippen molar-refractivity contribution in [1.29, 1.82) is 0 Å². The van der Waals surface area contributed by atoms with Gasteiger partial charge in [0.25, 0.3) is 11.8 Å². The first-order chi connectivity index (χ1) is 13.8. The molecular weight excluding hydrogens is 394 g/mol. The van der Waals surface area contributed by atoms with Crippen LogP contribution in [0.3, 0.4) is 0 Å². The van der Waals surface area contributed by atoms with Crippen LogP contribution in [0.5, 0.6) is 0 Å². The smallest absolute Gasteiger partial charge is 0.325 e. The van der Waals surface area contributed by atoms with Crippen LogP contribution in [0, 0.1) is 23.2 Å². The van der Waals surface area contributed by atoms with Gasteiger partial charge in [-0.2, -0.15) is 0 Å². The third-order valence-electron chi connectivity index (χ3n) is 6.46. The molecule has 4 N–H and O–H groups in total. The Hall–Kier alpha value is -2.42. The SMILES string of the molecule is NC(=O)c1ccsc1NC(=O)COC(=O)CNC(=O)C12CC3CC(CC(C3)C1)C2. The number of anilines is 1. The van der Waals surface area contributed by atoms with Gasteiger partial charge in [-0.05, 0) is 67.7 Å². The molecule has 0 aliphatic heterocycles. The Morgan fingerprint density at radius 2 is 1.72 bits per heavy atom. The highest BCUT2D eigenvalue weighted by Crippen LogP contribution is 2.60. The molecule has 4 bridgehead atoms. The molecule has 5 rings (SSSR count). The second-order valence-electron chi connectivity index (χ2n) is 8.62. The van der Waals surface area contributed by atoms with E-state index in [9.17, 15) is 19.2 Å². The third kappa shape index (κ3) is 4.14. The minimum atomic E-state index is -0.667. The minimum absolute atomic E-state index is 0.0531. The molecule has 0 radical (unpaired) electrons. The summed E-state index contributed by atoms with van der Waals surface area (Å²) >= 11 is 1.15. The van der Waals surface area contributed by atoms with E-state index < -0.39 is 24.4 Å². The average molecular weight is 420 g/mol. The van der Waals surface area contributed by atoms with E-state index in [4.69, 9.17) is 10.5 Å². The summed E-state index contributed by atoms with van der Waals surface area (Å²) < 4.78 is 4.95. The Kier molecular flexibility index (Phi) is 5.33. The van der Waals surface area contributed by atoms with Gasteiger partial charge in [-0.3, -0.25) is 19.2 Å². The van der Waals surface area contributed by atoms with Gasteiger partial charge in [0.1, 0.15) is 11.5 Å². The number of nitrogens with two attached hydrogens (primary N) is 1. The predicted molar refractivity (Wildman–Crippen MR) is 106 cm³/mol. The topological polar surface area (TPSA) is 128 Å². The van der Waals surface area contributed by atoms with Gasteiger partial charge in [-0.25, -0.2) is 0 Å². The van der Waals surface area contributed by atoms with Gasteiger partial charge in [-0.1, -0.05) is 0 Å². The monoisotopic (exact) mass is 419 g/mol. The summed E-state index contributed by atoms with van der Waals surface area (Å²) in [5.74, 6) is -0.00978. The van der Waals surface area contributed by atoms with Crippen LogP contribution in [-0.2, 0) is 19.1 Å². The number of primary amides is 1. The molecule has 1 aromatic rings. The van der Waals surface area contributed by atoms with Gasteiger partial charge >= 0.3 is 5.97 Å². The van der Waals surface area contributed by atoms with E-state index in [1.54, 1.807) is 5.38 Å². The molecule has 0 saturated heterocycles. The molecule has 0 aromatic carbocycles. The third-order valence-corrected chi connectivity index (χ3v) is 7.29. The van der Waals surface area contributed by atoms with E-state index in [0.29, 0.717) is 22.8 Å². The number of nitrogens with one attached hydrogen (secondary N) is 2. The van der Waals surface area contributed by atoms with Crippen molar-refractivity contribution in [2.45, 2.75) is 38.5 Å². The van der Waals surface area contributed by atoms with E-state index in [0.717, 1.165) is 30.6 Å². The highest BCUT2D eigenvalue weighted by molar-refractivity contribution is 7.14. The van der Waals surface area contributed by atoms with Crippen LogP contribution in [0.15, 0.2) is 11.4 Å². The van der Waals surface area contributed by atoms with Crippen LogP contribution in [-0.4, -0.2) is 36.8 Å². The lowest BCUT2D eigenvalue weighted by atomic mass is 9.49. The van der Waals surface area contributed by atoms with Crippen LogP contribution in [0.25, 0.3) is 0 Å². The van der Waals surface area contributed by atoms with Crippen molar-refractivity contribution in [3.63, 3.8) is 0 Å². The largest absolute Gasteiger partial charge is 0.454 e. The first kappa shape index (κ1) is 19.9. The number of ether oxygens (including phenoxy) is 1. The standard InChI is InChI=1S/C20H25N3O5S/c21-17(26)14-1-2-29-18(14)23-15(24)10-28-16(25)9-22-19(27)20-6-11-3-12(7-20)5-13(4-11)8-20/h1-2,11-13H,3-10H2,(H2,21,26)(H,22,27)(H,23,24). The molecule has 0 spiro atoms. The van der Waals surface area contributed by atoms with Crippen LogP contribution < -0.4 is 16.4 Å². The first-order valence-electron chi connectivity index (χ1n) is 9.96. The highest BCUT2D eigenvalue weighted by Gasteiger charge is 2.54. The molecule has 4 aliphatic rings. The average Bonchev–Trinajstić information content (AvgIpc) is 3.11. The fraction of sp³-hybridized carbons (Fsp3) is 0.600. The number of carbonyl (C=O) groups is 4. The molecule has 156 valence electrons. The van der Waals surface area contributed by atoms with Crippen molar-refractivity contribution in [1.82, 2.24) is 5.32 Å². The molecule has 1 heterocycles. The Balaban J connectivity index is 1.22. The molecule has 1 aromatic heterocycles. The Morgan fingerprint density at radius 1 is 1.10 bits per heavy atom. The maximum atomic E-state index is 12.8. The summed E-state index contributed by atoms with van der Waals surface area (Å²) in [6.07, 6.45) is 6.49. The van der Waals surface area contributed by atoms with Crippen LogP contribution in [0.2, 0.25) is 0 Å². The van der Waals surface area contributed by atoms with Gasteiger partial charge < -0.3 is 21.1 Å². The molecule has 4 saturated carbocycles. The summed E-state index contributed by atoms with van der Waals surface area (Å²) in [5, 5.41) is 7.16. The molecular formula is C20H25N3O5S. The Bertz CT molecular complexity index is 814. The number of amides is 3. The van der Waals surface area contributed by atoms with E-state index in [1.165, 1.54) is 25.3 Å². The van der Waals surface area contributed by atoms with Gasteiger partial charge in [0.2, 0.25) is 5.91 Å². The number of carbonyl (C=O) groups excluding carboxylic acids is 4. The zero-order valence-electron chi connectivity index (χ0n) is 16.1. The fourth-order valence-corrected chi connectivity index (χ4v) is 6.50. The van der Waals surface area contributed by atoms with Crippen LogP contribution >= 0.6 is 11.3 Å². The number of hydrogen-bond donors (Lipinski definition) is 3. The number of rotatable bonds is 7. The van der Waals surface area contributed by atoms with Gasteiger partial charge in [-0.15, -0.1) is 11.3 Å². The van der Waals surface area contributed by atoms with Crippen molar-refractivity contribution in [2.24, 2.45) is 28.9 Å². The zero-order valence-corrected chi connectivity index (χ0v) is 16.9. The Labute approximate surface area is 172 Å². The fourth-order valence-electron chi connectivity index (χ4n) is 5.69. The van der Waals surface area contributed by atoms with Crippen molar-refractivity contribution < 1.29 is 23.9 Å². The van der Waals surface area contributed by atoms with E-state index in [1.807, 2.05) is 0 Å². The molecule has 4 fully saturated rings. The highest BCUT2D eigenvalue weighted by atomic mass is 32.1. The van der Waals surface area contributed by atoms with Crippen molar-refractivity contribution in [3.8, 4) is 0 Å². The second kappa shape index (κ2) is 7.78. The molecule has 0 atom stereocenters. The predicted octanol–water partition coefficient (Wildman–Crippen LogP) is 1.66. The number of thiophene rings is 1. The summed E-state index contributed by atoms with van der Waals surface area (Å²) in [5.41, 5.74) is 5.11. The quantitative estimate of drug-likeness (QED) is 0.579. The Morgan fingerprint density at radius 3 is 2.31 bits per heavy atom. The first-order valence-corrected chi connectivity index (χ1v) is 10.8. The molecule has 8 nitrogen and oxygen atoms in total.